The number of nitrogens with one attached hydrogen (secondary N) is 1. The van der Waals surface area contributed by atoms with Crippen molar-refractivity contribution in [1.82, 2.24) is 20.1 Å². The Hall–Kier alpha value is -2.55. The minimum absolute atomic E-state index is 0.0525. The third kappa shape index (κ3) is 4.71. The van der Waals surface area contributed by atoms with E-state index < -0.39 is 0 Å². The number of hydrogen-bond acceptors (Lipinski definition) is 8. The highest BCUT2D eigenvalue weighted by Crippen LogP contribution is 2.35. The number of aromatic nitrogens is 3. The van der Waals surface area contributed by atoms with Crippen LogP contribution in [0.3, 0.4) is 0 Å². The van der Waals surface area contributed by atoms with Crippen LogP contribution in [0.15, 0.2) is 36.4 Å². The molecule has 3 aromatic rings. The fourth-order valence-corrected chi connectivity index (χ4v) is 4.80. The molecule has 0 bridgehead atoms. The molecule has 1 fully saturated rings. The number of anilines is 2. The van der Waals surface area contributed by atoms with Crippen LogP contribution in [0, 0.1) is 6.92 Å². The SMILES string of the molecule is Cc1nnc(Nc2cccc(C3CN(Cc4ccc5c(c4)CC(C)(C)O5)CCO3)n2)s1. The zero-order chi connectivity index (χ0) is 21.4. The van der Waals surface area contributed by atoms with Gasteiger partial charge in [0.1, 0.15) is 28.3 Å². The first-order chi connectivity index (χ1) is 14.9. The Balaban J connectivity index is 1.25. The van der Waals surface area contributed by atoms with E-state index in [2.05, 4.69) is 52.5 Å². The van der Waals surface area contributed by atoms with Gasteiger partial charge in [0.25, 0.3) is 0 Å². The monoisotopic (exact) mass is 437 g/mol. The molecule has 2 aliphatic rings. The highest BCUT2D eigenvalue weighted by molar-refractivity contribution is 7.15. The van der Waals surface area contributed by atoms with Crippen molar-refractivity contribution in [2.24, 2.45) is 0 Å². The molecule has 0 aliphatic carbocycles. The molecule has 1 N–H and O–H groups in total. The Morgan fingerprint density at radius 2 is 2.13 bits per heavy atom. The Labute approximate surface area is 186 Å². The predicted octanol–water partition coefficient (Wildman–Crippen LogP) is 4.27. The second-order valence-electron chi connectivity index (χ2n) is 8.77. The molecular formula is C23H27N5O2S. The van der Waals surface area contributed by atoms with Crippen molar-refractivity contribution in [2.45, 2.75) is 45.4 Å². The average molecular weight is 438 g/mol. The van der Waals surface area contributed by atoms with E-state index in [9.17, 15) is 0 Å². The number of hydrogen-bond donors (Lipinski definition) is 1. The van der Waals surface area contributed by atoms with Gasteiger partial charge in [-0.3, -0.25) is 4.90 Å². The molecule has 1 saturated heterocycles. The number of fused-ring (bicyclic) bond motifs is 1. The fraction of sp³-hybridized carbons (Fsp3) is 0.435. The molecule has 7 nitrogen and oxygen atoms in total. The molecule has 2 aromatic heterocycles. The third-order valence-electron chi connectivity index (χ3n) is 5.55. The van der Waals surface area contributed by atoms with E-state index in [0.717, 1.165) is 53.5 Å². The van der Waals surface area contributed by atoms with Crippen LogP contribution in [0.4, 0.5) is 10.9 Å². The number of pyridine rings is 1. The molecule has 162 valence electrons. The summed E-state index contributed by atoms with van der Waals surface area (Å²) in [5.41, 5.74) is 3.44. The van der Waals surface area contributed by atoms with Crippen molar-refractivity contribution < 1.29 is 9.47 Å². The minimum atomic E-state index is -0.108. The lowest BCUT2D eigenvalue weighted by Crippen LogP contribution is -2.38. The number of morpholine rings is 1. The standard InChI is InChI=1S/C23H27N5O2S/c1-15-26-27-22(31-15)25-21-6-4-5-18(24-21)20-14-28(9-10-29-20)13-16-7-8-19-17(11-16)12-23(2,3)30-19/h4-8,11,20H,9-10,12-14H2,1-3H3,(H,24,25,27). The fourth-order valence-electron chi connectivity index (χ4n) is 4.20. The van der Waals surface area contributed by atoms with Crippen LogP contribution >= 0.6 is 11.3 Å². The van der Waals surface area contributed by atoms with E-state index in [-0.39, 0.29) is 11.7 Å². The van der Waals surface area contributed by atoms with Crippen molar-refractivity contribution in [3.63, 3.8) is 0 Å². The molecule has 8 heteroatoms. The van der Waals surface area contributed by atoms with Crippen molar-refractivity contribution in [2.75, 3.05) is 25.0 Å². The maximum absolute atomic E-state index is 6.07. The summed E-state index contributed by atoms with van der Waals surface area (Å²) in [7, 11) is 0. The van der Waals surface area contributed by atoms with Gasteiger partial charge in [-0.15, -0.1) is 10.2 Å². The Bertz CT molecular complexity index is 1080. The molecule has 2 aliphatic heterocycles. The van der Waals surface area contributed by atoms with E-state index in [1.807, 2.05) is 25.1 Å². The highest BCUT2D eigenvalue weighted by Gasteiger charge is 2.30. The molecule has 4 heterocycles. The maximum atomic E-state index is 6.07. The van der Waals surface area contributed by atoms with Gasteiger partial charge in [-0.25, -0.2) is 4.98 Å². The van der Waals surface area contributed by atoms with E-state index >= 15 is 0 Å². The van der Waals surface area contributed by atoms with Gasteiger partial charge >= 0.3 is 0 Å². The molecular weight excluding hydrogens is 410 g/mol. The molecule has 0 saturated carbocycles. The summed E-state index contributed by atoms with van der Waals surface area (Å²) in [6.45, 7) is 9.54. The van der Waals surface area contributed by atoms with Gasteiger partial charge in [-0.2, -0.15) is 0 Å². The first-order valence-electron chi connectivity index (χ1n) is 10.6. The lowest BCUT2D eigenvalue weighted by atomic mass is 10.00. The lowest BCUT2D eigenvalue weighted by molar-refractivity contribution is -0.0349. The first-order valence-corrected chi connectivity index (χ1v) is 11.4. The summed E-state index contributed by atoms with van der Waals surface area (Å²) in [4.78, 5) is 7.20. The summed E-state index contributed by atoms with van der Waals surface area (Å²) < 4.78 is 12.1. The van der Waals surface area contributed by atoms with Crippen LogP contribution < -0.4 is 10.1 Å². The summed E-state index contributed by atoms with van der Waals surface area (Å²) >= 11 is 1.51. The minimum Gasteiger partial charge on any atom is -0.487 e. The number of rotatable bonds is 5. The van der Waals surface area contributed by atoms with Crippen LogP contribution in [0.1, 0.15) is 41.8 Å². The predicted molar refractivity (Wildman–Crippen MR) is 121 cm³/mol. The molecule has 31 heavy (non-hydrogen) atoms. The highest BCUT2D eigenvalue weighted by atomic mass is 32.1. The van der Waals surface area contributed by atoms with Crippen LogP contribution in [-0.2, 0) is 17.7 Å². The summed E-state index contributed by atoms with van der Waals surface area (Å²) in [6, 6.07) is 12.6. The molecule has 1 atom stereocenters. The zero-order valence-electron chi connectivity index (χ0n) is 18.1. The van der Waals surface area contributed by atoms with E-state index in [1.165, 1.54) is 22.5 Å². The molecule has 1 unspecified atom stereocenters. The number of ether oxygens (including phenoxy) is 2. The number of benzene rings is 1. The van der Waals surface area contributed by atoms with E-state index in [1.54, 1.807) is 0 Å². The maximum Gasteiger partial charge on any atom is 0.211 e. The van der Waals surface area contributed by atoms with Crippen LogP contribution in [0.5, 0.6) is 5.75 Å². The van der Waals surface area contributed by atoms with Crippen molar-refractivity contribution in [1.29, 1.82) is 0 Å². The quantitative estimate of drug-likeness (QED) is 0.639. The van der Waals surface area contributed by atoms with Gasteiger partial charge < -0.3 is 14.8 Å². The smallest absolute Gasteiger partial charge is 0.211 e. The number of nitrogens with zero attached hydrogens (tertiary/aromatic N) is 4. The van der Waals surface area contributed by atoms with Crippen LogP contribution in [0.25, 0.3) is 0 Å². The molecule has 5 rings (SSSR count). The number of aryl methyl sites for hydroxylation is 1. The van der Waals surface area contributed by atoms with Gasteiger partial charge in [-0.1, -0.05) is 29.5 Å². The van der Waals surface area contributed by atoms with E-state index in [0.29, 0.717) is 6.61 Å². The second kappa shape index (κ2) is 8.18. The first kappa shape index (κ1) is 20.4. The second-order valence-corrected chi connectivity index (χ2v) is 9.96. The largest absolute Gasteiger partial charge is 0.487 e. The Kier molecular flexibility index (Phi) is 5.37. The van der Waals surface area contributed by atoms with Crippen molar-refractivity contribution >= 4 is 22.3 Å². The van der Waals surface area contributed by atoms with Gasteiger partial charge in [0.2, 0.25) is 5.13 Å². The van der Waals surface area contributed by atoms with Gasteiger partial charge in [0.05, 0.1) is 12.3 Å². The zero-order valence-corrected chi connectivity index (χ0v) is 18.9. The van der Waals surface area contributed by atoms with Crippen LogP contribution in [-0.4, -0.2) is 45.4 Å². The van der Waals surface area contributed by atoms with Gasteiger partial charge in [-0.05, 0) is 50.1 Å². The van der Waals surface area contributed by atoms with Gasteiger partial charge in [0.15, 0.2) is 0 Å². The molecule has 0 amide bonds. The third-order valence-corrected chi connectivity index (χ3v) is 6.30. The topological polar surface area (TPSA) is 72.4 Å². The molecule has 0 spiro atoms. The van der Waals surface area contributed by atoms with E-state index in [4.69, 9.17) is 14.5 Å². The van der Waals surface area contributed by atoms with Crippen molar-refractivity contribution in [3.8, 4) is 5.75 Å². The normalized spacial score (nSPS) is 20.3. The molecule has 1 aromatic carbocycles. The Morgan fingerprint density at radius 3 is 2.97 bits per heavy atom. The van der Waals surface area contributed by atoms with Gasteiger partial charge in [0, 0.05) is 26.1 Å². The Morgan fingerprint density at radius 1 is 1.23 bits per heavy atom. The van der Waals surface area contributed by atoms with Crippen molar-refractivity contribution in [3.05, 3.63) is 58.2 Å². The summed E-state index contributed by atoms with van der Waals surface area (Å²) in [5, 5.41) is 13.1. The average Bonchev–Trinajstić information content (AvgIpc) is 3.28. The van der Waals surface area contributed by atoms with Crippen LogP contribution in [0.2, 0.25) is 0 Å². The lowest BCUT2D eigenvalue weighted by Gasteiger charge is -2.32. The summed E-state index contributed by atoms with van der Waals surface area (Å²) in [6.07, 6.45) is 0.906. The summed E-state index contributed by atoms with van der Waals surface area (Å²) in [5.74, 6) is 1.78. The molecule has 0 radical (unpaired) electrons.